The van der Waals surface area contributed by atoms with E-state index >= 15 is 0 Å². The van der Waals surface area contributed by atoms with Gasteiger partial charge in [-0.15, -0.1) is 0 Å². The van der Waals surface area contributed by atoms with Gasteiger partial charge in [0.2, 0.25) is 15.9 Å². The van der Waals surface area contributed by atoms with Crippen LogP contribution >= 0.6 is 0 Å². The number of para-hydroxylation sites is 2. The summed E-state index contributed by atoms with van der Waals surface area (Å²) < 4.78 is 34.4. The van der Waals surface area contributed by atoms with Crippen molar-refractivity contribution in [2.24, 2.45) is 0 Å². The lowest BCUT2D eigenvalue weighted by Gasteiger charge is -2.35. The smallest absolute Gasteiger partial charge is 0.244 e. The van der Waals surface area contributed by atoms with Crippen LogP contribution in [0.25, 0.3) is 10.8 Å². The summed E-state index contributed by atoms with van der Waals surface area (Å²) in [6, 6.07) is 26.5. The van der Waals surface area contributed by atoms with Gasteiger partial charge in [-0.25, -0.2) is 8.42 Å². The van der Waals surface area contributed by atoms with Crippen molar-refractivity contribution >= 4 is 32.4 Å². The monoisotopic (exact) mass is 472 g/mol. The minimum atomic E-state index is -3.96. The van der Waals surface area contributed by atoms with Crippen LogP contribution in [0.5, 0.6) is 5.75 Å². The van der Waals surface area contributed by atoms with Gasteiger partial charge < -0.3 is 10.1 Å². The number of fused-ring (bicyclic) bond motifs is 2. The van der Waals surface area contributed by atoms with Crippen molar-refractivity contribution in [3.63, 3.8) is 0 Å². The standard InChI is InChI=1S/C27H24N2O4S/c1-33-26-13-7-6-12-24(26)28-27(30)25-17-21-10-4-5-11-22(21)18-29(25)34(31,32)23-15-14-19-8-2-3-9-20(19)16-23/h2-16,25H,17-18H2,1H3,(H,28,30). The maximum atomic E-state index is 13.9. The maximum absolute atomic E-state index is 13.9. The highest BCUT2D eigenvalue weighted by Crippen LogP contribution is 2.32. The van der Waals surface area contributed by atoms with Crippen molar-refractivity contribution in [2.75, 3.05) is 12.4 Å². The molecule has 0 radical (unpaired) electrons. The molecule has 1 unspecified atom stereocenters. The van der Waals surface area contributed by atoms with Crippen LogP contribution in [-0.2, 0) is 27.8 Å². The van der Waals surface area contributed by atoms with Crippen LogP contribution in [0, 0.1) is 0 Å². The van der Waals surface area contributed by atoms with E-state index in [1.807, 2.05) is 54.6 Å². The number of sulfonamides is 1. The second-order valence-electron chi connectivity index (χ2n) is 8.24. The Hall–Kier alpha value is -3.68. The second-order valence-corrected chi connectivity index (χ2v) is 10.1. The third-order valence-electron chi connectivity index (χ3n) is 6.20. The number of methoxy groups -OCH3 is 1. The Bertz CT molecular complexity index is 1480. The zero-order valence-electron chi connectivity index (χ0n) is 18.6. The van der Waals surface area contributed by atoms with Crippen LogP contribution in [0.2, 0.25) is 0 Å². The van der Waals surface area contributed by atoms with E-state index in [1.54, 1.807) is 36.4 Å². The van der Waals surface area contributed by atoms with Crippen molar-refractivity contribution in [2.45, 2.75) is 23.9 Å². The van der Waals surface area contributed by atoms with E-state index in [0.29, 0.717) is 11.4 Å². The van der Waals surface area contributed by atoms with Gasteiger partial charge in [-0.1, -0.05) is 66.7 Å². The molecule has 6 nitrogen and oxygen atoms in total. The molecule has 1 aliphatic rings. The van der Waals surface area contributed by atoms with Crippen LogP contribution in [0.3, 0.4) is 0 Å². The molecule has 1 atom stereocenters. The minimum absolute atomic E-state index is 0.120. The highest BCUT2D eigenvalue weighted by atomic mass is 32.2. The molecular formula is C27H24N2O4S. The molecule has 172 valence electrons. The van der Waals surface area contributed by atoms with Gasteiger partial charge in [0, 0.05) is 6.54 Å². The summed E-state index contributed by atoms with van der Waals surface area (Å²) in [4.78, 5) is 13.6. The summed E-state index contributed by atoms with van der Waals surface area (Å²) in [7, 11) is -2.43. The number of ether oxygens (including phenoxy) is 1. The Morgan fingerprint density at radius 1 is 0.882 bits per heavy atom. The van der Waals surface area contributed by atoms with Crippen molar-refractivity contribution in [3.8, 4) is 5.75 Å². The predicted molar refractivity (Wildman–Crippen MR) is 132 cm³/mol. The Morgan fingerprint density at radius 2 is 1.56 bits per heavy atom. The molecule has 0 fully saturated rings. The number of benzene rings is 4. The molecule has 1 aliphatic heterocycles. The largest absolute Gasteiger partial charge is 0.495 e. The molecule has 0 saturated carbocycles. The first-order valence-corrected chi connectivity index (χ1v) is 12.4. The van der Waals surface area contributed by atoms with Gasteiger partial charge in [0.15, 0.2) is 0 Å². The molecule has 1 amide bonds. The van der Waals surface area contributed by atoms with Gasteiger partial charge in [-0.2, -0.15) is 4.31 Å². The highest BCUT2D eigenvalue weighted by Gasteiger charge is 2.39. The van der Waals surface area contributed by atoms with Crippen molar-refractivity contribution in [1.82, 2.24) is 4.31 Å². The van der Waals surface area contributed by atoms with Gasteiger partial charge in [0.05, 0.1) is 17.7 Å². The number of hydrogen-bond acceptors (Lipinski definition) is 4. The Balaban J connectivity index is 1.55. The Labute approximate surface area is 198 Å². The normalized spacial score (nSPS) is 16.1. The minimum Gasteiger partial charge on any atom is -0.495 e. The number of anilines is 1. The lowest BCUT2D eigenvalue weighted by molar-refractivity contribution is -0.120. The molecule has 4 aromatic carbocycles. The molecule has 0 bridgehead atoms. The van der Waals surface area contributed by atoms with Crippen LogP contribution in [0.1, 0.15) is 11.1 Å². The SMILES string of the molecule is COc1ccccc1NC(=O)C1Cc2ccccc2CN1S(=O)(=O)c1ccc2ccccc2c1. The maximum Gasteiger partial charge on any atom is 0.244 e. The van der Waals surface area contributed by atoms with Crippen LogP contribution in [-0.4, -0.2) is 31.8 Å². The summed E-state index contributed by atoms with van der Waals surface area (Å²) in [5.74, 6) is 0.111. The molecule has 1 N–H and O–H groups in total. The fourth-order valence-electron chi connectivity index (χ4n) is 4.40. The van der Waals surface area contributed by atoms with E-state index in [4.69, 9.17) is 4.74 Å². The number of amides is 1. The fourth-order valence-corrected chi connectivity index (χ4v) is 6.00. The summed E-state index contributed by atoms with van der Waals surface area (Å²) in [6.07, 6.45) is 0.282. The first kappa shape index (κ1) is 22.1. The third kappa shape index (κ3) is 4.04. The number of hydrogen-bond donors (Lipinski definition) is 1. The van der Waals surface area contributed by atoms with E-state index in [-0.39, 0.29) is 17.9 Å². The van der Waals surface area contributed by atoms with Gasteiger partial charge in [0.1, 0.15) is 11.8 Å². The first-order valence-electron chi connectivity index (χ1n) is 11.0. The average molecular weight is 473 g/mol. The Morgan fingerprint density at radius 3 is 2.35 bits per heavy atom. The molecule has 5 rings (SSSR count). The van der Waals surface area contributed by atoms with Crippen LogP contribution in [0.15, 0.2) is 95.9 Å². The van der Waals surface area contributed by atoms with Gasteiger partial charge >= 0.3 is 0 Å². The van der Waals surface area contributed by atoms with Gasteiger partial charge in [-0.3, -0.25) is 4.79 Å². The molecule has 7 heteroatoms. The highest BCUT2D eigenvalue weighted by molar-refractivity contribution is 7.89. The van der Waals surface area contributed by atoms with E-state index in [2.05, 4.69) is 5.32 Å². The van der Waals surface area contributed by atoms with Gasteiger partial charge in [0.25, 0.3) is 0 Å². The summed E-state index contributed by atoms with van der Waals surface area (Å²) >= 11 is 0. The molecule has 4 aromatic rings. The molecule has 1 heterocycles. The number of rotatable bonds is 5. The molecule has 0 aromatic heterocycles. The number of nitrogens with zero attached hydrogens (tertiary/aromatic N) is 1. The summed E-state index contributed by atoms with van der Waals surface area (Å²) in [5.41, 5.74) is 2.36. The molecule has 0 aliphatic carbocycles. The number of nitrogens with one attached hydrogen (secondary N) is 1. The molecule has 34 heavy (non-hydrogen) atoms. The third-order valence-corrected chi connectivity index (χ3v) is 8.05. The van der Waals surface area contributed by atoms with Crippen molar-refractivity contribution in [1.29, 1.82) is 0 Å². The second kappa shape index (κ2) is 8.93. The predicted octanol–water partition coefficient (Wildman–Crippen LogP) is 4.60. The average Bonchev–Trinajstić information content (AvgIpc) is 2.87. The van der Waals surface area contributed by atoms with Crippen molar-refractivity contribution in [3.05, 3.63) is 102 Å². The topological polar surface area (TPSA) is 75.7 Å². The van der Waals surface area contributed by atoms with E-state index in [1.165, 1.54) is 11.4 Å². The van der Waals surface area contributed by atoms with E-state index < -0.39 is 22.0 Å². The first-order chi connectivity index (χ1) is 16.5. The quantitative estimate of drug-likeness (QED) is 0.461. The Kier molecular flexibility index (Phi) is 5.81. The van der Waals surface area contributed by atoms with E-state index in [0.717, 1.165) is 21.9 Å². The zero-order valence-corrected chi connectivity index (χ0v) is 19.5. The lowest BCUT2D eigenvalue weighted by atomic mass is 9.95. The van der Waals surface area contributed by atoms with Crippen LogP contribution in [0.4, 0.5) is 5.69 Å². The number of carbonyl (C=O) groups is 1. The number of carbonyl (C=O) groups excluding carboxylic acids is 1. The van der Waals surface area contributed by atoms with Crippen molar-refractivity contribution < 1.29 is 17.9 Å². The summed E-state index contributed by atoms with van der Waals surface area (Å²) in [5, 5.41) is 4.66. The lowest BCUT2D eigenvalue weighted by Crippen LogP contribution is -2.50. The summed E-state index contributed by atoms with van der Waals surface area (Å²) in [6.45, 7) is 0.120. The molecular weight excluding hydrogens is 448 g/mol. The molecule has 0 saturated heterocycles. The van der Waals surface area contributed by atoms with Crippen LogP contribution < -0.4 is 10.1 Å². The fraction of sp³-hybridized carbons (Fsp3) is 0.148. The van der Waals surface area contributed by atoms with Gasteiger partial charge in [-0.05, 0) is 52.6 Å². The molecule has 0 spiro atoms. The zero-order chi connectivity index (χ0) is 23.7. The van der Waals surface area contributed by atoms with E-state index in [9.17, 15) is 13.2 Å².